The second kappa shape index (κ2) is 10.3. The molecule has 1 aliphatic heterocycles. The number of anilines is 3. The van der Waals surface area contributed by atoms with Crippen LogP contribution in [-0.4, -0.2) is 70.5 Å². The normalized spacial score (nSPS) is 14.6. The van der Waals surface area contributed by atoms with Crippen LogP contribution >= 0.6 is 0 Å². The molecule has 0 bridgehead atoms. The second-order valence-corrected chi connectivity index (χ2v) is 7.61. The van der Waals surface area contributed by atoms with Gasteiger partial charge in [0.15, 0.2) is 0 Å². The lowest BCUT2D eigenvalue weighted by Gasteiger charge is -2.30. The summed E-state index contributed by atoms with van der Waals surface area (Å²) in [6.45, 7) is 13.0. The molecule has 2 heterocycles. The molecule has 0 aromatic carbocycles. The van der Waals surface area contributed by atoms with E-state index in [9.17, 15) is 4.79 Å². The molecule has 2 rings (SSSR count). The maximum Gasteiger partial charge on any atom is 0.223 e. The van der Waals surface area contributed by atoms with Crippen LogP contribution in [0.1, 0.15) is 47.0 Å². The predicted octanol–water partition coefficient (Wildman–Crippen LogP) is 2.01. The van der Waals surface area contributed by atoms with Crippen molar-refractivity contribution in [2.24, 2.45) is 0 Å². The number of nitrogens with one attached hydrogen (secondary N) is 2. The van der Waals surface area contributed by atoms with Gasteiger partial charge in [-0.25, -0.2) is 0 Å². The van der Waals surface area contributed by atoms with Crippen LogP contribution in [0.2, 0.25) is 0 Å². The summed E-state index contributed by atoms with van der Waals surface area (Å²) in [5, 5.41) is 6.62. The molecule has 1 fully saturated rings. The maximum absolute atomic E-state index is 11.6. The predicted molar refractivity (Wildman–Crippen MR) is 111 cm³/mol. The van der Waals surface area contributed by atoms with Crippen LogP contribution in [-0.2, 0) is 4.79 Å². The van der Waals surface area contributed by atoms with E-state index in [1.807, 2.05) is 11.0 Å². The summed E-state index contributed by atoms with van der Waals surface area (Å²) in [7, 11) is 0. The summed E-state index contributed by atoms with van der Waals surface area (Å²) < 4.78 is 0. The molecule has 0 unspecified atom stereocenters. The maximum atomic E-state index is 11.6. The molecule has 8 nitrogen and oxygen atoms in total. The number of carbonyl (C=O) groups excluding carboxylic acids is 1. The van der Waals surface area contributed by atoms with Crippen LogP contribution in [0.4, 0.5) is 17.6 Å². The SMILES string of the molecule is CC(C)N(CCNc1cc(NCCCN2CCCC2=O)nc(N)n1)C(C)C. The molecule has 4 N–H and O–H groups in total. The van der Waals surface area contributed by atoms with E-state index < -0.39 is 0 Å². The van der Waals surface area contributed by atoms with Gasteiger partial charge in [-0.1, -0.05) is 0 Å². The zero-order valence-corrected chi connectivity index (χ0v) is 17.2. The molecule has 0 atom stereocenters. The van der Waals surface area contributed by atoms with Gasteiger partial charge >= 0.3 is 0 Å². The molecule has 1 aromatic rings. The number of aromatic nitrogens is 2. The summed E-state index contributed by atoms with van der Waals surface area (Å²) in [4.78, 5) is 24.5. The van der Waals surface area contributed by atoms with Gasteiger partial charge in [0.25, 0.3) is 0 Å². The minimum absolute atomic E-state index is 0.252. The van der Waals surface area contributed by atoms with Gasteiger partial charge in [0, 0.05) is 57.3 Å². The molecule has 0 aliphatic carbocycles. The first-order chi connectivity index (χ1) is 12.9. The van der Waals surface area contributed by atoms with Crippen LogP contribution in [0, 0.1) is 0 Å². The highest BCUT2D eigenvalue weighted by atomic mass is 16.2. The summed E-state index contributed by atoms with van der Waals surface area (Å²) in [5.41, 5.74) is 5.84. The first-order valence-corrected chi connectivity index (χ1v) is 10.0. The van der Waals surface area contributed by atoms with Crippen molar-refractivity contribution in [2.45, 2.75) is 59.0 Å². The highest BCUT2D eigenvalue weighted by Gasteiger charge is 2.19. The molecule has 1 aromatic heterocycles. The molecule has 1 aliphatic rings. The van der Waals surface area contributed by atoms with Gasteiger partial charge in [0.1, 0.15) is 11.6 Å². The number of hydrogen-bond acceptors (Lipinski definition) is 7. The zero-order chi connectivity index (χ0) is 19.8. The summed E-state index contributed by atoms with van der Waals surface area (Å²) >= 11 is 0. The highest BCUT2D eigenvalue weighted by molar-refractivity contribution is 5.78. The average Bonchev–Trinajstić information content (AvgIpc) is 2.99. The topological polar surface area (TPSA) is 99.4 Å². The minimum atomic E-state index is 0.252. The van der Waals surface area contributed by atoms with Crippen molar-refractivity contribution in [1.29, 1.82) is 0 Å². The molecule has 8 heteroatoms. The van der Waals surface area contributed by atoms with Crippen LogP contribution in [0.5, 0.6) is 0 Å². The fraction of sp³-hybridized carbons (Fsp3) is 0.737. The summed E-state index contributed by atoms with van der Waals surface area (Å²) in [6, 6.07) is 2.89. The van der Waals surface area contributed by atoms with Crippen LogP contribution in [0.15, 0.2) is 6.07 Å². The second-order valence-electron chi connectivity index (χ2n) is 7.61. The molecule has 152 valence electrons. The fourth-order valence-electron chi connectivity index (χ4n) is 3.50. The number of likely N-dealkylation sites (tertiary alicyclic amines) is 1. The van der Waals surface area contributed by atoms with Crippen molar-refractivity contribution in [1.82, 2.24) is 19.8 Å². The number of nitrogen functional groups attached to an aromatic ring is 1. The Morgan fingerprint density at radius 2 is 1.78 bits per heavy atom. The summed E-state index contributed by atoms with van der Waals surface area (Å²) in [5.74, 6) is 1.96. The van der Waals surface area contributed by atoms with Gasteiger partial charge in [0.2, 0.25) is 11.9 Å². The Hall–Kier alpha value is -2.09. The van der Waals surface area contributed by atoms with Gasteiger partial charge in [0.05, 0.1) is 0 Å². The highest BCUT2D eigenvalue weighted by Crippen LogP contribution is 2.14. The van der Waals surface area contributed by atoms with Gasteiger partial charge in [-0.2, -0.15) is 9.97 Å². The largest absolute Gasteiger partial charge is 0.370 e. The first kappa shape index (κ1) is 21.2. The van der Waals surface area contributed by atoms with Gasteiger partial charge < -0.3 is 21.3 Å². The van der Waals surface area contributed by atoms with Gasteiger partial charge in [-0.05, 0) is 40.5 Å². The fourth-order valence-corrected chi connectivity index (χ4v) is 3.50. The van der Waals surface area contributed by atoms with Crippen molar-refractivity contribution < 1.29 is 4.79 Å². The lowest BCUT2D eigenvalue weighted by molar-refractivity contribution is -0.127. The molecule has 0 saturated carbocycles. The van der Waals surface area contributed by atoms with Gasteiger partial charge in [-0.15, -0.1) is 0 Å². The van der Waals surface area contributed by atoms with E-state index in [0.29, 0.717) is 24.3 Å². The third-order valence-corrected chi connectivity index (χ3v) is 4.83. The quantitative estimate of drug-likeness (QED) is 0.507. The lowest BCUT2D eigenvalue weighted by atomic mass is 10.2. The van der Waals surface area contributed by atoms with Gasteiger partial charge in [-0.3, -0.25) is 9.69 Å². The Morgan fingerprint density at radius 3 is 2.33 bits per heavy atom. The average molecular weight is 378 g/mol. The third-order valence-electron chi connectivity index (χ3n) is 4.83. The summed E-state index contributed by atoms with van der Waals surface area (Å²) in [6.07, 6.45) is 2.56. The van der Waals surface area contributed by atoms with Crippen LogP contribution in [0.3, 0.4) is 0 Å². The van der Waals surface area contributed by atoms with Crippen LogP contribution < -0.4 is 16.4 Å². The van der Waals surface area contributed by atoms with Crippen molar-refractivity contribution in [3.8, 4) is 0 Å². The van der Waals surface area contributed by atoms with Crippen molar-refractivity contribution in [3.05, 3.63) is 6.07 Å². The molecular formula is C19H35N7O. The van der Waals surface area contributed by atoms with E-state index >= 15 is 0 Å². The monoisotopic (exact) mass is 377 g/mol. The Bertz CT molecular complexity index is 598. The molecule has 1 amide bonds. The number of rotatable bonds is 11. The number of nitrogens with two attached hydrogens (primary N) is 1. The number of hydrogen-bond donors (Lipinski definition) is 3. The first-order valence-electron chi connectivity index (χ1n) is 10.0. The lowest BCUT2D eigenvalue weighted by Crippen LogP contribution is -2.40. The number of amides is 1. The molecule has 0 spiro atoms. The Balaban J connectivity index is 1.78. The standard InChI is InChI=1S/C19H35N7O/c1-14(2)26(15(3)4)12-9-22-17-13-16(23-19(20)24-17)21-8-6-11-25-10-5-7-18(25)27/h13-15H,5-12H2,1-4H3,(H4,20,21,22,23,24). The third kappa shape index (κ3) is 6.86. The van der Waals surface area contributed by atoms with E-state index in [1.54, 1.807) is 0 Å². The van der Waals surface area contributed by atoms with E-state index in [2.05, 4.69) is 53.2 Å². The Morgan fingerprint density at radius 1 is 1.15 bits per heavy atom. The van der Waals surface area contributed by atoms with Crippen molar-refractivity contribution in [2.75, 3.05) is 49.1 Å². The van der Waals surface area contributed by atoms with E-state index in [-0.39, 0.29) is 11.9 Å². The number of nitrogens with zero attached hydrogens (tertiary/aromatic N) is 4. The molecule has 27 heavy (non-hydrogen) atoms. The smallest absolute Gasteiger partial charge is 0.223 e. The van der Waals surface area contributed by atoms with Crippen molar-refractivity contribution >= 4 is 23.5 Å². The molecule has 1 saturated heterocycles. The van der Waals surface area contributed by atoms with E-state index in [4.69, 9.17) is 5.73 Å². The van der Waals surface area contributed by atoms with Crippen molar-refractivity contribution in [3.63, 3.8) is 0 Å². The minimum Gasteiger partial charge on any atom is -0.370 e. The Kier molecular flexibility index (Phi) is 8.09. The molecule has 0 radical (unpaired) electrons. The van der Waals surface area contributed by atoms with E-state index in [1.165, 1.54) is 0 Å². The number of carbonyl (C=O) groups is 1. The molecular weight excluding hydrogens is 342 g/mol. The van der Waals surface area contributed by atoms with Crippen LogP contribution in [0.25, 0.3) is 0 Å². The zero-order valence-electron chi connectivity index (χ0n) is 17.2. The van der Waals surface area contributed by atoms with E-state index in [0.717, 1.165) is 51.4 Å². The Labute approximate surface area is 162 Å².